The molecule has 0 saturated heterocycles. The number of aliphatic hydroxyl groups is 1. The summed E-state index contributed by atoms with van der Waals surface area (Å²) in [5, 5.41) is 9.00. The predicted molar refractivity (Wildman–Crippen MR) is 79.1 cm³/mol. The molecule has 4 nitrogen and oxygen atoms in total. The van der Waals surface area contributed by atoms with E-state index in [1.165, 1.54) is 5.56 Å². The summed E-state index contributed by atoms with van der Waals surface area (Å²) in [7, 11) is 0. The number of benzene rings is 1. The van der Waals surface area contributed by atoms with E-state index >= 15 is 0 Å². The Balaban J connectivity index is 2.18. The van der Waals surface area contributed by atoms with Crippen molar-refractivity contribution in [1.29, 1.82) is 0 Å². The average Bonchev–Trinajstić information content (AvgIpc) is 2.73. The Kier molecular flexibility index (Phi) is 4.33. The third-order valence-electron chi connectivity index (χ3n) is 3.39. The van der Waals surface area contributed by atoms with Crippen LogP contribution in [0.1, 0.15) is 45.1 Å². The molecule has 0 radical (unpaired) electrons. The maximum absolute atomic E-state index is 12.3. The van der Waals surface area contributed by atoms with Crippen LogP contribution in [-0.2, 0) is 4.74 Å². The number of ether oxygens (including phenoxy) is 1. The van der Waals surface area contributed by atoms with Crippen LogP contribution in [0.4, 0.5) is 10.5 Å². The van der Waals surface area contributed by atoms with Crippen molar-refractivity contribution < 1.29 is 14.6 Å². The van der Waals surface area contributed by atoms with Crippen molar-refractivity contribution in [2.45, 2.75) is 45.1 Å². The Morgan fingerprint density at radius 2 is 2.10 bits per heavy atom. The van der Waals surface area contributed by atoms with Crippen LogP contribution in [-0.4, -0.2) is 30.0 Å². The average molecular weight is 277 g/mol. The third-order valence-corrected chi connectivity index (χ3v) is 3.39. The van der Waals surface area contributed by atoms with E-state index in [1.54, 1.807) is 4.90 Å². The highest BCUT2D eigenvalue weighted by atomic mass is 16.6. The van der Waals surface area contributed by atoms with Gasteiger partial charge in [0.2, 0.25) is 0 Å². The molecule has 0 bridgehead atoms. The van der Waals surface area contributed by atoms with Gasteiger partial charge in [-0.25, -0.2) is 4.79 Å². The molecule has 1 amide bonds. The number of amides is 1. The van der Waals surface area contributed by atoms with Crippen molar-refractivity contribution >= 4 is 11.8 Å². The van der Waals surface area contributed by atoms with Crippen molar-refractivity contribution in [3.63, 3.8) is 0 Å². The zero-order valence-electron chi connectivity index (χ0n) is 12.4. The van der Waals surface area contributed by atoms with E-state index in [2.05, 4.69) is 6.07 Å². The lowest BCUT2D eigenvalue weighted by Crippen LogP contribution is -2.36. The Bertz CT molecular complexity index is 479. The number of fused-ring (bicyclic) bond motifs is 1. The molecule has 0 unspecified atom stereocenters. The normalized spacial score (nSPS) is 18.0. The van der Waals surface area contributed by atoms with Crippen molar-refractivity contribution in [3.8, 4) is 0 Å². The van der Waals surface area contributed by atoms with Crippen LogP contribution < -0.4 is 4.90 Å². The van der Waals surface area contributed by atoms with Crippen molar-refractivity contribution in [3.05, 3.63) is 29.8 Å². The Labute approximate surface area is 120 Å². The summed E-state index contributed by atoms with van der Waals surface area (Å²) in [5.74, 6) is 0.283. The van der Waals surface area contributed by atoms with Crippen LogP contribution in [0.2, 0.25) is 0 Å². The van der Waals surface area contributed by atoms with E-state index in [0.29, 0.717) is 6.54 Å². The molecular weight excluding hydrogens is 254 g/mol. The van der Waals surface area contributed by atoms with Crippen LogP contribution >= 0.6 is 0 Å². The molecule has 0 aromatic heterocycles. The summed E-state index contributed by atoms with van der Waals surface area (Å²) in [6, 6.07) is 7.94. The van der Waals surface area contributed by atoms with Gasteiger partial charge in [0.1, 0.15) is 5.60 Å². The van der Waals surface area contributed by atoms with E-state index in [1.807, 2.05) is 39.0 Å². The molecule has 0 saturated carbocycles. The number of carbonyl (C=O) groups is 1. The second-order valence-electron chi connectivity index (χ2n) is 6.21. The van der Waals surface area contributed by atoms with Crippen LogP contribution in [0.3, 0.4) is 0 Å². The highest BCUT2D eigenvalue weighted by Gasteiger charge is 2.34. The molecule has 4 heteroatoms. The number of aliphatic hydroxyl groups excluding tert-OH is 1. The minimum Gasteiger partial charge on any atom is -0.443 e. The van der Waals surface area contributed by atoms with Crippen LogP contribution in [0.15, 0.2) is 24.3 Å². The van der Waals surface area contributed by atoms with Gasteiger partial charge in [-0.1, -0.05) is 18.2 Å². The topological polar surface area (TPSA) is 49.8 Å². The minimum atomic E-state index is -0.491. The van der Waals surface area contributed by atoms with Gasteiger partial charge < -0.3 is 9.84 Å². The zero-order chi connectivity index (χ0) is 14.8. The summed E-state index contributed by atoms with van der Waals surface area (Å²) in [5.41, 5.74) is 1.62. The number of carbonyl (C=O) groups excluding carboxylic acids is 1. The Morgan fingerprint density at radius 3 is 2.75 bits per heavy atom. The summed E-state index contributed by atoms with van der Waals surface area (Å²) >= 11 is 0. The number of rotatable bonds is 3. The Hall–Kier alpha value is -1.55. The lowest BCUT2D eigenvalue weighted by atomic mass is 9.97. The minimum absolute atomic E-state index is 0.186. The lowest BCUT2D eigenvalue weighted by Gasteiger charge is -2.25. The SMILES string of the molecule is CC(C)(C)OC(=O)N1C[C@H](CCCO)c2ccccc21. The summed E-state index contributed by atoms with van der Waals surface area (Å²) in [6.45, 7) is 6.43. The van der Waals surface area contributed by atoms with Crippen molar-refractivity contribution in [2.24, 2.45) is 0 Å². The van der Waals surface area contributed by atoms with Gasteiger partial charge >= 0.3 is 6.09 Å². The van der Waals surface area contributed by atoms with Gasteiger partial charge in [0.25, 0.3) is 0 Å². The van der Waals surface area contributed by atoms with Gasteiger partial charge in [-0.05, 0) is 45.2 Å². The Morgan fingerprint density at radius 1 is 1.40 bits per heavy atom. The van der Waals surface area contributed by atoms with Crippen molar-refractivity contribution in [1.82, 2.24) is 0 Å². The van der Waals surface area contributed by atoms with Gasteiger partial charge in [0.05, 0.1) is 5.69 Å². The lowest BCUT2D eigenvalue weighted by molar-refractivity contribution is 0.0582. The van der Waals surface area contributed by atoms with Gasteiger partial charge in [0.15, 0.2) is 0 Å². The molecule has 1 aromatic carbocycles. The number of anilines is 1. The van der Waals surface area contributed by atoms with E-state index in [9.17, 15) is 4.79 Å². The first-order valence-electron chi connectivity index (χ1n) is 7.12. The highest BCUT2D eigenvalue weighted by molar-refractivity contribution is 5.91. The number of para-hydroxylation sites is 1. The van der Waals surface area contributed by atoms with Gasteiger partial charge in [-0.15, -0.1) is 0 Å². The largest absolute Gasteiger partial charge is 0.443 e. The van der Waals surface area contributed by atoms with Crippen LogP contribution in [0.25, 0.3) is 0 Å². The van der Waals surface area contributed by atoms with Crippen LogP contribution in [0.5, 0.6) is 0 Å². The van der Waals surface area contributed by atoms with Crippen LogP contribution in [0, 0.1) is 0 Å². The van der Waals surface area contributed by atoms with Crippen molar-refractivity contribution in [2.75, 3.05) is 18.1 Å². The fourth-order valence-electron chi connectivity index (χ4n) is 2.57. The molecule has 1 heterocycles. The number of hydrogen-bond acceptors (Lipinski definition) is 3. The standard InChI is InChI=1S/C16H23NO3/c1-16(2,3)20-15(19)17-11-12(7-6-10-18)13-8-4-5-9-14(13)17/h4-5,8-9,12,18H,6-7,10-11H2,1-3H3/t12-/m0/s1. The number of hydrogen-bond donors (Lipinski definition) is 1. The molecule has 2 rings (SSSR count). The molecule has 0 aliphatic carbocycles. The monoisotopic (exact) mass is 277 g/mol. The fourth-order valence-corrected chi connectivity index (χ4v) is 2.57. The van der Waals surface area contributed by atoms with E-state index < -0.39 is 5.60 Å². The predicted octanol–water partition coefficient (Wildman–Crippen LogP) is 3.30. The second kappa shape index (κ2) is 5.83. The van der Waals surface area contributed by atoms with E-state index in [-0.39, 0.29) is 18.6 Å². The number of nitrogens with zero attached hydrogens (tertiary/aromatic N) is 1. The summed E-state index contributed by atoms with van der Waals surface area (Å²) < 4.78 is 5.47. The second-order valence-corrected chi connectivity index (χ2v) is 6.21. The van der Waals surface area contributed by atoms with Gasteiger partial charge in [-0.2, -0.15) is 0 Å². The molecule has 0 fully saturated rings. The molecule has 110 valence electrons. The maximum Gasteiger partial charge on any atom is 0.414 e. The fraction of sp³-hybridized carbons (Fsp3) is 0.562. The maximum atomic E-state index is 12.3. The molecule has 1 aromatic rings. The first-order valence-corrected chi connectivity index (χ1v) is 7.12. The molecular formula is C16H23NO3. The molecule has 0 spiro atoms. The molecule has 20 heavy (non-hydrogen) atoms. The quantitative estimate of drug-likeness (QED) is 0.922. The zero-order valence-corrected chi connectivity index (χ0v) is 12.4. The molecule has 1 atom stereocenters. The first-order chi connectivity index (χ1) is 9.42. The summed E-state index contributed by atoms with van der Waals surface area (Å²) in [4.78, 5) is 14.0. The van der Waals surface area contributed by atoms with Gasteiger partial charge in [-0.3, -0.25) is 4.90 Å². The smallest absolute Gasteiger partial charge is 0.414 e. The highest BCUT2D eigenvalue weighted by Crippen LogP contribution is 2.39. The molecule has 1 aliphatic rings. The molecule has 1 aliphatic heterocycles. The molecule has 1 N–H and O–H groups in total. The first kappa shape index (κ1) is 14.9. The third kappa shape index (κ3) is 3.31. The summed E-state index contributed by atoms with van der Waals surface area (Å²) in [6.07, 6.45) is 1.34. The van der Waals surface area contributed by atoms with E-state index in [0.717, 1.165) is 18.5 Å². The van der Waals surface area contributed by atoms with Gasteiger partial charge in [0, 0.05) is 19.1 Å². The van der Waals surface area contributed by atoms with E-state index in [4.69, 9.17) is 9.84 Å².